The highest BCUT2D eigenvalue weighted by Gasteiger charge is 2.28. The summed E-state index contributed by atoms with van der Waals surface area (Å²) in [5.41, 5.74) is 0.565. The largest absolute Gasteiger partial charge is 0.335 e. The van der Waals surface area contributed by atoms with Crippen LogP contribution in [0.5, 0.6) is 0 Å². The van der Waals surface area contributed by atoms with Gasteiger partial charge in [0, 0.05) is 25.6 Å². The van der Waals surface area contributed by atoms with E-state index in [-0.39, 0.29) is 29.5 Å². The first-order valence-corrected chi connectivity index (χ1v) is 8.18. The lowest BCUT2D eigenvalue weighted by Crippen LogP contribution is -2.38. The van der Waals surface area contributed by atoms with Crippen LogP contribution < -0.4 is 5.32 Å². The quantitative estimate of drug-likeness (QED) is 0.930. The van der Waals surface area contributed by atoms with Gasteiger partial charge in [-0.15, -0.1) is 5.10 Å². The van der Waals surface area contributed by atoms with E-state index in [4.69, 9.17) is 0 Å². The number of aromatic nitrogens is 3. The monoisotopic (exact) mass is 331 g/mol. The maximum Gasteiger partial charge on any atom is 0.293 e. The summed E-state index contributed by atoms with van der Waals surface area (Å²) in [6, 6.07) is 6.29. The van der Waals surface area contributed by atoms with Gasteiger partial charge in [0.2, 0.25) is 5.82 Å². The minimum Gasteiger partial charge on any atom is -0.335 e. The predicted molar refractivity (Wildman–Crippen MR) is 88.8 cm³/mol. The average Bonchev–Trinajstić information content (AvgIpc) is 3.23. The smallest absolute Gasteiger partial charge is 0.293 e. The molecule has 0 bridgehead atoms. The summed E-state index contributed by atoms with van der Waals surface area (Å²) in [5, 5.41) is 7.61. The van der Waals surface area contributed by atoms with Crippen molar-refractivity contribution < 1.29 is 9.18 Å². The Morgan fingerprint density at radius 3 is 2.88 bits per heavy atom. The lowest BCUT2D eigenvalue weighted by molar-refractivity contribution is 0.0731. The molecule has 0 spiro atoms. The maximum atomic E-state index is 13.5. The second-order valence-corrected chi connectivity index (χ2v) is 6.40. The van der Waals surface area contributed by atoms with Gasteiger partial charge < -0.3 is 10.2 Å². The highest BCUT2D eigenvalue weighted by molar-refractivity contribution is 5.90. The number of amides is 1. The zero-order valence-electron chi connectivity index (χ0n) is 14.2. The molecular weight excluding hydrogens is 309 g/mol. The van der Waals surface area contributed by atoms with E-state index in [0.29, 0.717) is 11.5 Å². The molecule has 6 nitrogen and oxygen atoms in total. The molecule has 1 amide bonds. The van der Waals surface area contributed by atoms with E-state index in [1.54, 1.807) is 28.8 Å². The second kappa shape index (κ2) is 6.68. The van der Waals surface area contributed by atoms with Crippen molar-refractivity contribution in [2.45, 2.75) is 32.2 Å². The maximum absolute atomic E-state index is 13.5. The van der Waals surface area contributed by atoms with Gasteiger partial charge in [0.05, 0.1) is 5.69 Å². The third-order valence-corrected chi connectivity index (χ3v) is 4.30. The van der Waals surface area contributed by atoms with Crippen LogP contribution in [0.1, 0.15) is 42.6 Å². The summed E-state index contributed by atoms with van der Waals surface area (Å²) in [6.07, 6.45) is 0.921. The third kappa shape index (κ3) is 3.17. The van der Waals surface area contributed by atoms with Gasteiger partial charge in [-0.1, -0.05) is 19.9 Å². The number of rotatable bonds is 4. The Bertz CT molecular complexity index is 736. The van der Waals surface area contributed by atoms with Crippen LogP contribution in [-0.2, 0) is 0 Å². The first-order chi connectivity index (χ1) is 11.5. The van der Waals surface area contributed by atoms with E-state index in [1.807, 2.05) is 13.8 Å². The predicted octanol–water partition coefficient (Wildman–Crippen LogP) is 1.96. The molecule has 0 aliphatic carbocycles. The summed E-state index contributed by atoms with van der Waals surface area (Å²) >= 11 is 0. The molecule has 2 aromatic rings. The zero-order chi connectivity index (χ0) is 17.3. The lowest BCUT2D eigenvalue weighted by atomic mass is 10.2. The average molecular weight is 331 g/mol. The van der Waals surface area contributed by atoms with Crippen molar-refractivity contribution in [2.24, 2.45) is 0 Å². The molecule has 0 radical (unpaired) electrons. The Morgan fingerprint density at radius 2 is 2.25 bits per heavy atom. The minimum atomic E-state index is -0.347. The molecule has 1 aromatic carbocycles. The van der Waals surface area contributed by atoms with Crippen LogP contribution in [0.4, 0.5) is 4.39 Å². The van der Waals surface area contributed by atoms with Crippen LogP contribution in [0.3, 0.4) is 0 Å². The Labute approximate surface area is 140 Å². The molecule has 1 atom stereocenters. The molecular formula is C17H22FN5O. The third-order valence-electron chi connectivity index (χ3n) is 4.30. The van der Waals surface area contributed by atoms with Crippen molar-refractivity contribution >= 4 is 5.91 Å². The number of hydrogen-bond acceptors (Lipinski definition) is 4. The van der Waals surface area contributed by atoms with Gasteiger partial charge >= 0.3 is 0 Å². The van der Waals surface area contributed by atoms with Crippen LogP contribution in [0, 0.1) is 5.82 Å². The fourth-order valence-corrected chi connectivity index (χ4v) is 2.88. The first kappa shape index (κ1) is 16.6. The van der Waals surface area contributed by atoms with Crippen molar-refractivity contribution in [1.29, 1.82) is 0 Å². The number of carbonyl (C=O) groups is 1. The van der Waals surface area contributed by atoms with Gasteiger partial charge in [-0.2, -0.15) is 0 Å². The standard InChI is InChI=1S/C17H22FN5O/c1-11(2)16-20-15(17(24)22(3)14-7-8-19-10-14)21-23(16)13-6-4-5-12(18)9-13/h4-6,9,11,14,19H,7-8,10H2,1-3H3/t14-/m1/s1. The van der Waals surface area contributed by atoms with Gasteiger partial charge in [-0.3, -0.25) is 4.79 Å². The Balaban J connectivity index is 1.95. The zero-order valence-corrected chi connectivity index (χ0v) is 14.2. The van der Waals surface area contributed by atoms with Crippen molar-refractivity contribution in [3.8, 4) is 5.69 Å². The molecule has 2 heterocycles. The molecule has 1 aliphatic rings. The molecule has 0 unspecified atom stereocenters. The summed E-state index contributed by atoms with van der Waals surface area (Å²) in [6.45, 7) is 5.63. The molecule has 7 heteroatoms. The molecule has 1 N–H and O–H groups in total. The van der Waals surface area contributed by atoms with Crippen molar-refractivity contribution in [3.63, 3.8) is 0 Å². The summed E-state index contributed by atoms with van der Waals surface area (Å²) in [7, 11) is 1.78. The number of nitrogens with zero attached hydrogens (tertiary/aromatic N) is 4. The van der Waals surface area contributed by atoms with Gasteiger partial charge in [0.1, 0.15) is 11.6 Å². The molecule has 1 fully saturated rings. The minimum absolute atomic E-state index is 0.0563. The topological polar surface area (TPSA) is 63.1 Å². The van der Waals surface area contributed by atoms with E-state index in [2.05, 4.69) is 15.4 Å². The highest BCUT2D eigenvalue weighted by atomic mass is 19.1. The number of halogens is 1. The van der Waals surface area contributed by atoms with Crippen LogP contribution in [0.25, 0.3) is 5.69 Å². The van der Waals surface area contributed by atoms with Crippen LogP contribution in [-0.4, -0.2) is 51.8 Å². The van der Waals surface area contributed by atoms with E-state index >= 15 is 0 Å². The van der Waals surface area contributed by atoms with Gasteiger partial charge in [0.25, 0.3) is 5.91 Å². The Hall–Kier alpha value is -2.28. The number of benzene rings is 1. The van der Waals surface area contributed by atoms with Gasteiger partial charge in [-0.05, 0) is 31.2 Å². The summed E-state index contributed by atoms with van der Waals surface area (Å²) in [4.78, 5) is 18.8. The number of carbonyl (C=O) groups excluding carboxylic acids is 1. The van der Waals surface area contributed by atoms with E-state index < -0.39 is 0 Å². The molecule has 1 saturated heterocycles. The van der Waals surface area contributed by atoms with Crippen molar-refractivity contribution in [3.05, 3.63) is 41.7 Å². The van der Waals surface area contributed by atoms with Crippen LogP contribution in [0.2, 0.25) is 0 Å². The SMILES string of the molecule is CC(C)c1nc(C(=O)N(C)[C@@H]2CCNC2)nn1-c1cccc(F)c1. The number of likely N-dealkylation sites (N-methyl/N-ethyl adjacent to an activating group) is 1. The first-order valence-electron chi connectivity index (χ1n) is 8.18. The highest BCUT2D eigenvalue weighted by Crippen LogP contribution is 2.19. The molecule has 1 aliphatic heterocycles. The summed E-state index contributed by atoms with van der Waals surface area (Å²) in [5.74, 6) is 0.292. The van der Waals surface area contributed by atoms with Gasteiger partial charge in [-0.25, -0.2) is 14.1 Å². The molecule has 1 aromatic heterocycles. The summed E-state index contributed by atoms with van der Waals surface area (Å²) < 4.78 is 15.1. The molecule has 128 valence electrons. The van der Waals surface area contributed by atoms with Crippen molar-refractivity contribution in [1.82, 2.24) is 25.0 Å². The molecule has 3 rings (SSSR count). The van der Waals surface area contributed by atoms with Gasteiger partial charge in [0.15, 0.2) is 0 Å². The van der Waals surface area contributed by atoms with E-state index in [0.717, 1.165) is 19.5 Å². The molecule has 24 heavy (non-hydrogen) atoms. The Morgan fingerprint density at radius 1 is 1.46 bits per heavy atom. The van der Waals surface area contributed by atoms with Crippen LogP contribution >= 0.6 is 0 Å². The fraction of sp³-hybridized carbons (Fsp3) is 0.471. The molecule has 0 saturated carbocycles. The van der Waals surface area contributed by atoms with E-state index in [1.165, 1.54) is 12.1 Å². The van der Waals surface area contributed by atoms with Crippen molar-refractivity contribution in [2.75, 3.05) is 20.1 Å². The Kier molecular flexibility index (Phi) is 4.62. The number of nitrogens with one attached hydrogen (secondary N) is 1. The lowest BCUT2D eigenvalue weighted by Gasteiger charge is -2.22. The van der Waals surface area contributed by atoms with Crippen LogP contribution in [0.15, 0.2) is 24.3 Å². The fourth-order valence-electron chi connectivity index (χ4n) is 2.88. The number of hydrogen-bond donors (Lipinski definition) is 1. The normalized spacial score (nSPS) is 17.5. The second-order valence-electron chi connectivity index (χ2n) is 6.40. The van der Waals surface area contributed by atoms with E-state index in [9.17, 15) is 9.18 Å².